The Morgan fingerprint density at radius 2 is 2.25 bits per heavy atom. The fraction of sp³-hybridized carbons (Fsp3) is 0.538. The number of piperidine rings is 1. The van der Waals surface area contributed by atoms with Crippen molar-refractivity contribution in [3.05, 3.63) is 28.2 Å². The van der Waals surface area contributed by atoms with E-state index in [1.807, 2.05) is 0 Å². The maximum Gasteiger partial charge on any atom is 0.0380 e. The van der Waals surface area contributed by atoms with Gasteiger partial charge in [0.2, 0.25) is 0 Å². The van der Waals surface area contributed by atoms with Crippen LogP contribution in [0, 0.1) is 5.92 Å². The van der Waals surface area contributed by atoms with Crippen LogP contribution in [-0.2, 0) is 6.54 Å². The van der Waals surface area contributed by atoms with E-state index in [9.17, 15) is 0 Å². The number of benzene rings is 1. The average Bonchev–Trinajstić information content (AvgIpc) is 2.28. The van der Waals surface area contributed by atoms with Crippen LogP contribution in [0.25, 0.3) is 0 Å². The van der Waals surface area contributed by atoms with E-state index in [1.165, 1.54) is 37.2 Å². The Morgan fingerprint density at radius 1 is 1.44 bits per heavy atom. The Balaban J connectivity index is 2.21. The molecule has 1 aromatic rings. The quantitative estimate of drug-likeness (QED) is 0.903. The van der Waals surface area contributed by atoms with Crippen LogP contribution in [0.3, 0.4) is 0 Å². The summed E-state index contributed by atoms with van der Waals surface area (Å²) in [4.78, 5) is 2.47. The summed E-state index contributed by atoms with van der Waals surface area (Å²) in [5.41, 5.74) is 8.21. The topological polar surface area (TPSA) is 29.3 Å². The highest BCUT2D eigenvalue weighted by atomic mass is 79.9. The molecule has 1 heterocycles. The van der Waals surface area contributed by atoms with Gasteiger partial charge in [0.25, 0.3) is 0 Å². The van der Waals surface area contributed by atoms with Crippen LogP contribution in [0.1, 0.15) is 25.3 Å². The van der Waals surface area contributed by atoms with Gasteiger partial charge in [0.15, 0.2) is 0 Å². The predicted octanol–water partition coefficient (Wildman–Crippen LogP) is 3.14. The van der Waals surface area contributed by atoms with E-state index in [-0.39, 0.29) is 0 Å². The molecule has 3 heteroatoms. The minimum atomic E-state index is 0.607. The van der Waals surface area contributed by atoms with Gasteiger partial charge in [0.1, 0.15) is 0 Å². The van der Waals surface area contributed by atoms with Crippen molar-refractivity contribution in [1.82, 2.24) is 0 Å². The number of nitrogens with two attached hydrogens (primary N) is 1. The lowest BCUT2D eigenvalue weighted by molar-refractivity contribution is 0.447. The monoisotopic (exact) mass is 282 g/mol. The zero-order valence-electron chi connectivity index (χ0n) is 9.75. The average molecular weight is 283 g/mol. The summed E-state index contributed by atoms with van der Waals surface area (Å²) in [7, 11) is 0. The third-order valence-corrected chi connectivity index (χ3v) is 3.66. The fourth-order valence-corrected chi connectivity index (χ4v) is 2.89. The van der Waals surface area contributed by atoms with Crippen LogP contribution in [0.5, 0.6) is 0 Å². The summed E-state index contributed by atoms with van der Waals surface area (Å²) >= 11 is 3.55. The van der Waals surface area contributed by atoms with E-state index < -0.39 is 0 Å². The molecule has 2 rings (SSSR count). The zero-order chi connectivity index (χ0) is 11.5. The highest BCUT2D eigenvalue weighted by molar-refractivity contribution is 9.10. The molecule has 0 radical (unpaired) electrons. The first-order valence-corrected chi connectivity index (χ1v) is 6.73. The highest BCUT2D eigenvalue weighted by Gasteiger charge is 2.17. The van der Waals surface area contributed by atoms with Gasteiger partial charge in [0.05, 0.1) is 0 Å². The maximum absolute atomic E-state index is 5.71. The molecule has 1 saturated heterocycles. The van der Waals surface area contributed by atoms with Gasteiger partial charge in [-0.3, -0.25) is 0 Å². The summed E-state index contributed by atoms with van der Waals surface area (Å²) in [6.07, 6.45) is 2.65. The lowest BCUT2D eigenvalue weighted by Gasteiger charge is -2.33. The van der Waals surface area contributed by atoms with Crippen molar-refractivity contribution in [2.45, 2.75) is 26.3 Å². The first-order chi connectivity index (χ1) is 7.69. The second kappa shape index (κ2) is 5.19. The van der Waals surface area contributed by atoms with Crippen LogP contribution >= 0.6 is 15.9 Å². The van der Waals surface area contributed by atoms with Crippen molar-refractivity contribution in [1.29, 1.82) is 0 Å². The van der Waals surface area contributed by atoms with Crippen LogP contribution < -0.4 is 10.6 Å². The molecule has 0 saturated carbocycles. The molecule has 0 aromatic heterocycles. The molecular weight excluding hydrogens is 264 g/mol. The van der Waals surface area contributed by atoms with E-state index in [0.29, 0.717) is 6.54 Å². The Labute approximate surface area is 106 Å². The van der Waals surface area contributed by atoms with Crippen molar-refractivity contribution in [2.75, 3.05) is 18.0 Å². The molecule has 88 valence electrons. The fourth-order valence-electron chi connectivity index (χ4n) is 2.36. The molecule has 2 N–H and O–H groups in total. The van der Waals surface area contributed by atoms with Gasteiger partial charge in [0, 0.05) is 29.8 Å². The van der Waals surface area contributed by atoms with E-state index in [1.54, 1.807) is 0 Å². The third-order valence-electron chi connectivity index (χ3n) is 3.20. The second-order valence-electron chi connectivity index (χ2n) is 4.72. The van der Waals surface area contributed by atoms with Crippen LogP contribution in [-0.4, -0.2) is 13.1 Å². The first-order valence-electron chi connectivity index (χ1n) is 5.93. The summed E-state index contributed by atoms with van der Waals surface area (Å²) in [6, 6.07) is 6.50. The summed E-state index contributed by atoms with van der Waals surface area (Å²) in [5.74, 6) is 0.800. The Bertz CT molecular complexity index is 365. The lowest BCUT2D eigenvalue weighted by Crippen LogP contribution is -2.34. The van der Waals surface area contributed by atoms with E-state index in [0.717, 1.165) is 10.4 Å². The van der Waals surface area contributed by atoms with Gasteiger partial charge in [-0.25, -0.2) is 0 Å². The van der Waals surface area contributed by atoms with Gasteiger partial charge in [-0.2, -0.15) is 0 Å². The van der Waals surface area contributed by atoms with Crippen molar-refractivity contribution in [3.8, 4) is 0 Å². The summed E-state index contributed by atoms with van der Waals surface area (Å²) in [5, 5.41) is 0. The molecule has 1 atom stereocenters. The van der Waals surface area contributed by atoms with E-state index in [2.05, 4.69) is 46.0 Å². The Kier molecular flexibility index (Phi) is 3.87. The minimum Gasteiger partial charge on any atom is -0.371 e. The second-order valence-corrected chi connectivity index (χ2v) is 5.63. The van der Waals surface area contributed by atoms with Crippen molar-refractivity contribution >= 4 is 21.6 Å². The van der Waals surface area contributed by atoms with Crippen molar-refractivity contribution < 1.29 is 0 Å². The zero-order valence-corrected chi connectivity index (χ0v) is 11.3. The molecule has 1 aliphatic heterocycles. The number of nitrogens with zero attached hydrogens (tertiary/aromatic N) is 1. The number of hydrogen-bond donors (Lipinski definition) is 1. The van der Waals surface area contributed by atoms with Gasteiger partial charge >= 0.3 is 0 Å². The van der Waals surface area contributed by atoms with Crippen LogP contribution in [0.15, 0.2) is 22.7 Å². The highest BCUT2D eigenvalue weighted by Crippen LogP contribution is 2.27. The molecule has 0 spiro atoms. The summed E-state index contributed by atoms with van der Waals surface area (Å²) < 4.78 is 1.13. The van der Waals surface area contributed by atoms with Gasteiger partial charge in [-0.15, -0.1) is 0 Å². The normalized spacial score (nSPS) is 21.2. The molecule has 1 aliphatic rings. The largest absolute Gasteiger partial charge is 0.371 e. The minimum absolute atomic E-state index is 0.607. The van der Waals surface area contributed by atoms with E-state index >= 15 is 0 Å². The van der Waals surface area contributed by atoms with E-state index in [4.69, 9.17) is 5.73 Å². The number of anilines is 1. The van der Waals surface area contributed by atoms with Crippen LogP contribution in [0.4, 0.5) is 5.69 Å². The first kappa shape index (κ1) is 11.9. The molecule has 0 amide bonds. The van der Waals surface area contributed by atoms with Crippen LogP contribution in [0.2, 0.25) is 0 Å². The maximum atomic E-state index is 5.71. The molecule has 2 nitrogen and oxygen atoms in total. The smallest absolute Gasteiger partial charge is 0.0380 e. The Hall–Kier alpha value is -0.540. The van der Waals surface area contributed by atoms with Gasteiger partial charge < -0.3 is 10.6 Å². The molecule has 0 aliphatic carbocycles. The molecule has 1 fully saturated rings. The Morgan fingerprint density at radius 3 is 2.94 bits per heavy atom. The number of rotatable bonds is 2. The standard InChI is InChI=1S/C13H19BrN2/c1-10-3-2-4-16(9-10)13-6-11(8-15)5-12(14)7-13/h5-7,10H,2-4,8-9,15H2,1H3. The predicted molar refractivity (Wildman–Crippen MR) is 72.6 cm³/mol. The number of hydrogen-bond acceptors (Lipinski definition) is 2. The van der Waals surface area contributed by atoms with Crippen molar-refractivity contribution in [2.24, 2.45) is 11.7 Å². The van der Waals surface area contributed by atoms with Gasteiger partial charge in [-0.05, 0) is 42.5 Å². The lowest BCUT2D eigenvalue weighted by atomic mass is 9.99. The van der Waals surface area contributed by atoms with Crippen molar-refractivity contribution in [3.63, 3.8) is 0 Å². The molecule has 16 heavy (non-hydrogen) atoms. The molecule has 1 aromatic carbocycles. The number of halogens is 1. The summed E-state index contributed by atoms with van der Waals surface area (Å²) in [6.45, 7) is 5.27. The molecular formula is C13H19BrN2. The molecule has 0 bridgehead atoms. The SMILES string of the molecule is CC1CCCN(c2cc(Br)cc(CN)c2)C1. The molecule has 1 unspecified atom stereocenters. The third kappa shape index (κ3) is 2.77. The van der Waals surface area contributed by atoms with Gasteiger partial charge in [-0.1, -0.05) is 22.9 Å².